The van der Waals surface area contributed by atoms with Crippen LogP contribution < -0.4 is 0 Å². The SMILES string of the molecule is CCCC/C=C\CCCCCCCCCCCC(=O)OCCCCCCCCCC/C=C\CCCC. The van der Waals surface area contributed by atoms with Crippen LogP contribution in [0.25, 0.3) is 0 Å². The topological polar surface area (TPSA) is 26.3 Å². The molecule has 0 aliphatic rings. The van der Waals surface area contributed by atoms with E-state index in [1.54, 1.807) is 0 Å². The van der Waals surface area contributed by atoms with E-state index in [2.05, 4.69) is 38.2 Å². The van der Waals surface area contributed by atoms with Crippen molar-refractivity contribution in [1.29, 1.82) is 0 Å². The van der Waals surface area contributed by atoms with E-state index in [9.17, 15) is 4.79 Å². The van der Waals surface area contributed by atoms with Gasteiger partial charge in [0, 0.05) is 6.42 Å². The highest BCUT2D eigenvalue weighted by Crippen LogP contribution is 2.13. The van der Waals surface area contributed by atoms with Crippen LogP contribution in [0.1, 0.15) is 181 Å². The summed E-state index contributed by atoms with van der Waals surface area (Å²) >= 11 is 0. The molecule has 212 valence electrons. The molecule has 0 aromatic heterocycles. The Labute approximate surface area is 227 Å². The number of ether oxygens (including phenoxy) is 1. The molecule has 0 saturated heterocycles. The van der Waals surface area contributed by atoms with Gasteiger partial charge in [-0.3, -0.25) is 4.79 Å². The largest absolute Gasteiger partial charge is 0.466 e. The molecule has 0 aliphatic heterocycles. The maximum absolute atomic E-state index is 11.9. The summed E-state index contributed by atoms with van der Waals surface area (Å²) in [5.41, 5.74) is 0. The van der Waals surface area contributed by atoms with Crippen LogP contribution in [-0.2, 0) is 9.53 Å². The molecule has 2 heteroatoms. The second-order valence-corrected chi connectivity index (χ2v) is 10.8. The first-order chi connectivity index (χ1) is 17.8. The fourth-order valence-corrected chi connectivity index (χ4v) is 4.57. The Bertz CT molecular complexity index is 438. The zero-order chi connectivity index (χ0) is 26.2. The van der Waals surface area contributed by atoms with Crippen LogP contribution >= 0.6 is 0 Å². The van der Waals surface area contributed by atoms with Gasteiger partial charge in [-0.2, -0.15) is 0 Å². The summed E-state index contributed by atoms with van der Waals surface area (Å²) in [4.78, 5) is 11.9. The van der Waals surface area contributed by atoms with Gasteiger partial charge in [0.2, 0.25) is 0 Å². The Balaban J connectivity index is 3.19. The van der Waals surface area contributed by atoms with E-state index in [-0.39, 0.29) is 5.97 Å². The Kier molecular flexibility index (Phi) is 31.0. The van der Waals surface area contributed by atoms with Gasteiger partial charge in [-0.1, -0.05) is 147 Å². The van der Waals surface area contributed by atoms with E-state index in [0.29, 0.717) is 13.0 Å². The van der Waals surface area contributed by atoms with Crippen molar-refractivity contribution in [3.05, 3.63) is 24.3 Å². The summed E-state index contributed by atoms with van der Waals surface area (Å²) in [5.74, 6) is 0.0162. The normalized spacial score (nSPS) is 11.7. The Hall–Kier alpha value is -1.05. The van der Waals surface area contributed by atoms with Crippen molar-refractivity contribution in [1.82, 2.24) is 0 Å². The lowest BCUT2D eigenvalue weighted by Crippen LogP contribution is -2.05. The van der Waals surface area contributed by atoms with Gasteiger partial charge in [0.25, 0.3) is 0 Å². The predicted octanol–water partition coefficient (Wildman–Crippen LogP) is 11.8. The second kappa shape index (κ2) is 32.0. The van der Waals surface area contributed by atoms with Gasteiger partial charge in [0.1, 0.15) is 0 Å². The van der Waals surface area contributed by atoms with Gasteiger partial charge in [-0.05, 0) is 51.4 Å². The van der Waals surface area contributed by atoms with E-state index in [1.807, 2.05) is 0 Å². The zero-order valence-corrected chi connectivity index (χ0v) is 24.7. The summed E-state index contributed by atoms with van der Waals surface area (Å²) in [7, 11) is 0. The van der Waals surface area contributed by atoms with E-state index >= 15 is 0 Å². The second-order valence-electron chi connectivity index (χ2n) is 10.8. The number of esters is 1. The number of unbranched alkanes of at least 4 members (excludes halogenated alkanes) is 21. The molecule has 0 amide bonds. The molecule has 0 heterocycles. The molecule has 0 N–H and O–H groups in total. The first kappa shape index (κ1) is 35.0. The lowest BCUT2D eigenvalue weighted by Gasteiger charge is -2.05. The number of hydrogen-bond donors (Lipinski definition) is 0. The smallest absolute Gasteiger partial charge is 0.305 e. The molecule has 0 radical (unpaired) electrons. The fourth-order valence-electron chi connectivity index (χ4n) is 4.57. The van der Waals surface area contributed by atoms with Crippen LogP contribution in [0.5, 0.6) is 0 Å². The average molecular weight is 505 g/mol. The summed E-state index contributed by atoms with van der Waals surface area (Å²) in [6, 6.07) is 0. The predicted molar refractivity (Wildman–Crippen MR) is 161 cm³/mol. The number of allylic oxidation sites excluding steroid dienone is 4. The molecule has 0 rings (SSSR count). The van der Waals surface area contributed by atoms with E-state index in [1.165, 1.54) is 148 Å². The molecular weight excluding hydrogens is 440 g/mol. The minimum absolute atomic E-state index is 0.0162. The van der Waals surface area contributed by atoms with Crippen molar-refractivity contribution < 1.29 is 9.53 Å². The molecule has 0 atom stereocenters. The zero-order valence-electron chi connectivity index (χ0n) is 24.7. The van der Waals surface area contributed by atoms with Crippen molar-refractivity contribution >= 4 is 5.97 Å². The van der Waals surface area contributed by atoms with Gasteiger partial charge < -0.3 is 4.74 Å². The van der Waals surface area contributed by atoms with E-state index < -0.39 is 0 Å². The molecule has 2 nitrogen and oxygen atoms in total. The lowest BCUT2D eigenvalue weighted by molar-refractivity contribution is -0.143. The Morgan fingerprint density at radius 3 is 1.19 bits per heavy atom. The van der Waals surface area contributed by atoms with E-state index in [0.717, 1.165) is 12.8 Å². The Morgan fingerprint density at radius 2 is 0.778 bits per heavy atom. The lowest BCUT2D eigenvalue weighted by atomic mass is 10.1. The van der Waals surface area contributed by atoms with Gasteiger partial charge >= 0.3 is 5.97 Å². The van der Waals surface area contributed by atoms with Gasteiger partial charge in [-0.15, -0.1) is 0 Å². The number of carbonyl (C=O) groups excluding carboxylic acids is 1. The highest BCUT2D eigenvalue weighted by Gasteiger charge is 2.02. The quantitative estimate of drug-likeness (QED) is 0.0575. The third-order valence-electron chi connectivity index (χ3n) is 7.06. The van der Waals surface area contributed by atoms with Crippen LogP contribution in [0.2, 0.25) is 0 Å². The molecule has 0 bridgehead atoms. The third kappa shape index (κ3) is 31.0. The number of hydrogen-bond acceptors (Lipinski definition) is 2. The van der Waals surface area contributed by atoms with Gasteiger partial charge in [0.15, 0.2) is 0 Å². The van der Waals surface area contributed by atoms with Crippen LogP contribution in [0.15, 0.2) is 24.3 Å². The third-order valence-corrected chi connectivity index (χ3v) is 7.06. The Morgan fingerprint density at radius 1 is 0.444 bits per heavy atom. The number of rotatable bonds is 29. The maximum atomic E-state index is 11.9. The first-order valence-electron chi connectivity index (χ1n) is 16.3. The van der Waals surface area contributed by atoms with Gasteiger partial charge in [0.05, 0.1) is 6.61 Å². The highest BCUT2D eigenvalue weighted by molar-refractivity contribution is 5.69. The monoisotopic (exact) mass is 504 g/mol. The molecule has 36 heavy (non-hydrogen) atoms. The van der Waals surface area contributed by atoms with E-state index in [4.69, 9.17) is 4.74 Å². The fraction of sp³-hybridized carbons (Fsp3) is 0.853. The van der Waals surface area contributed by atoms with Crippen LogP contribution in [0.4, 0.5) is 0 Å². The standard InChI is InChI=1S/C34H64O2/c1-3-5-7-9-11-13-15-17-19-20-22-24-26-28-30-32-34(35)36-33-31-29-27-25-23-21-18-16-14-12-10-8-6-4-2/h9-12H,3-8,13-33H2,1-2H3/b11-9-,12-10-. The molecule has 0 aliphatic carbocycles. The minimum Gasteiger partial charge on any atom is -0.466 e. The van der Waals surface area contributed by atoms with Crippen molar-refractivity contribution in [3.8, 4) is 0 Å². The molecule has 0 fully saturated rings. The van der Waals surface area contributed by atoms with Crippen LogP contribution in [-0.4, -0.2) is 12.6 Å². The molecule has 0 spiro atoms. The first-order valence-corrected chi connectivity index (χ1v) is 16.3. The molecule has 0 aromatic carbocycles. The van der Waals surface area contributed by atoms with Crippen molar-refractivity contribution in [2.45, 2.75) is 181 Å². The van der Waals surface area contributed by atoms with Crippen molar-refractivity contribution in [3.63, 3.8) is 0 Å². The number of carbonyl (C=O) groups is 1. The maximum Gasteiger partial charge on any atom is 0.305 e. The average Bonchev–Trinajstić information content (AvgIpc) is 2.88. The molecular formula is C34H64O2. The van der Waals surface area contributed by atoms with Crippen LogP contribution in [0.3, 0.4) is 0 Å². The summed E-state index contributed by atoms with van der Waals surface area (Å²) in [5, 5.41) is 0. The minimum atomic E-state index is 0.0162. The van der Waals surface area contributed by atoms with Crippen molar-refractivity contribution in [2.24, 2.45) is 0 Å². The summed E-state index contributed by atoms with van der Waals surface area (Å²) in [6.07, 6.45) is 42.2. The van der Waals surface area contributed by atoms with Gasteiger partial charge in [-0.25, -0.2) is 0 Å². The molecule has 0 aromatic rings. The van der Waals surface area contributed by atoms with Crippen molar-refractivity contribution in [2.75, 3.05) is 6.61 Å². The molecule has 0 unspecified atom stereocenters. The highest BCUT2D eigenvalue weighted by atomic mass is 16.5. The summed E-state index contributed by atoms with van der Waals surface area (Å²) < 4.78 is 5.42. The van der Waals surface area contributed by atoms with Crippen LogP contribution in [0, 0.1) is 0 Å². The molecule has 0 saturated carbocycles. The summed E-state index contributed by atoms with van der Waals surface area (Å²) in [6.45, 7) is 5.13.